The molecule has 1 saturated heterocycles. The molecule has 106 valence electrons. The van der Waals surface area contributed by atoms with Crippen molar-refractivity contribution in [3.05, 3.63) is 22.2 Å². The van der Waals surface area contributed by atoms with Gasteiger partial charge in [-0.15, -0.1) is 0 Å². The molecule has 1 N–H and O–H groups in total. The standard InChI is InChI=1S/C15H25N3O/c1-4-13-16-14(10-15(19)17-13)18-8-5-6-12(7-9-18)11(2)3/h10-12H,4-9H2,1-3H3,(H,16,17,19). The summed E-state index contributed by atoms with van der Waals surface area (Å²) in [6, 6.07) is 1.63. The molecular weight excluding hydrogens is 238 g/mol. The van der Waals surface area contributed by atoms with Crippen LogP contribution in [0.1, 0.15) is 45.9 Å². The first kappa shape index (κ1) is 14.1. The Morgan fingerprint density at radius 3 is 2.89 bits per heavy atom. The van der Waals surface area contributed by atoms with Crippen molar-refractivity contribution in [2.24, 2.45) is 11.8 Å². The van der Waals surface area contributed by atoms with Crippen molar-refractivity contribution in [1.82, 2.24) is 9.97 Å². The van der Waals surface area contributed by atoms with Gasteiger partial charge in [-0.3, -0.25) is 4.79 Å². The Morgan fingerprint density at radius 1 is 1.42 bits per heavy atom. The number of rotatable bonds is 3. The van der Waals surface area contributed by atoms with Crippen molar-refractivity contribution < 1.29 is 0 Å². The molecule has 0 amide bonds. The molecule has 1 unspecified atom stereocenters. The summed E-state index contributed by atoms with van der Waals surface area (Å²) in [7, 11) is 0. The Kier molecular flexibility index (Phi) is 4.61. The third kappa shape index (κ3) is 3.58. The van der Waals surface area contributed by atoms with Gasteiger partial charge in [0.15, 0.2) is 0 Å². The molecule has 0 bridgehead atoms. The zero-order chi connectivity index (χ0) is 13.8. The molecule has 1 fully saturated rings. The Balaban J connectivity index is 2.14. The molecule has 0 aliphatic carbocycles. The lowest BCUT2D eigenvalue weighted by atomic mass is 9.89. The summed E-state index contributed by atoms with van der Waals surface area (Å²) in [5.74, 6) is 3.19. The molecule has 19 heavy (non-hydrogen) atoms. The maximum Gasteiger partial charge on any atom is 0.252 e. The molecular formula is C15H25N3O. The molecule has 1 aliphatic rings. The molecule has 1 aliphatic heterocycles. The molecule has 2 heterocycles. The number of H-pyrrole nitrogens is 1. The molecule has 4 nitrogen and oxygen atoms in total. The molecule has 0 spiro atoms. The minimum atomic E-state index is -0.0356. The molecule has 0 aromatic carbocycles. The molecule has 0 radical (unpaired) electrons. The minimum absolute atomic E-state index is 0.0356. The van der Waals surface area contributed by atoms with E-state index < -0.39 is 0 Å². The van der Waals surface area contributed by atoms with Crippen LogP contribution in [0, 0.1) is 11.8 Å². The Bertz CT molecular complexity index is 467. The van der Waals surface area contributed by atoms with Crippen LogP contribution in [0.15, 0.2) is 10.9 Å². The van der Waals surface area contributed by atoms with Crippen molar-refractivity contribution in [2.75, 3.05) is 18.0 Å². The van der Waals surface area contributed by atoms with Crippen molar-refractivity contribution in [2.45, 2.75) is 46.5 Å². The van der Waals surface area contributed by atoms with Crippen LogP contribution in [0.5, 0.6) is 0 Å². The lowest BCUT2D eigenvalue weighted by molar-refractivity contribution is 0.351. The van der Waals surface area contributed by atoms with Gasteiger partial charge >= 0.3 is 0 Å². The number of nitrogens with zero attached hydrogens (tertiary/aromatic N) is 2. The van der Waals surface area contributed by atoms with Crippen LogP contribution in [-0.2, 0) is 6.42 Å². The summed E-state index contributed by atoms with van der Waals surface area (Å²) in [6.07, 6.45) is 4.45. The van der Waals surface area contributed by atoms with Gasteiger partial charge in [0.25, 0.3) is 5.56 Å². The highest BCUT2D eigenvalue weighted by molar-refractivity contribution is 5.37. The molecule has 0 saturated carbocycles. The summed E-state index contributed by atoms with van der Waals surface area (Å²) < 4.78 is 0. The third-order valence-electron chi connectivity index (χ3n) is 4.15. The van der Waals surface area contributed by atoms with Gasteiger partial charge in [-0.1, -0.05) is 20.8 Å². The highest BCUT2D eigenvalue weighted by atomic mass is 16.1. The highest BCUT2D eigenvalue weighted by Crippen LogP contribution is 2.26. The van der Waals surface area contributed by atoms with Gasteiger partial charge in [0.05, 0.1) is 0 Å². The van der Waals surface area contributed by atoms with Gasteiger partial charge in [0, 0.05) is 25.6 Å². The van der Waals surface area contributed by atoms with Crippen LogP contribution in [-0.4, -0.2) is 23.1 Å². The van der Waals surface area contributed by atoms with Crippen LogP contribution in [0.4, 0.5) is 5.82 Å². The topological polar surface area (TPSA) is 49.0 Å². The van der Waals surface area contributed by atoms with E-state index in [1.165, 1.54) is 19.3 Å². The number of nitrogens with one attached hydrogen (secondary N) is 1. The average molecular weight is 263 g/mol. The number of aromatic nitrogens is 2. The van der Waals surface area contributed by atoms with Gasteiger partial charge in [0.1, 0.15) is 11.6 Å². The lowest BCUT2D eigenvalue weighted by Gasteiger charge is -2.22. The number of aromatic amines is 1. The predicted molar refractivity (Wildman–Crippen MR) is 78.6 cm³/mol. The molecule has 1 aromatic rings. The molecule has 2 rings (SSSR count). The largest absolute Gasteiger partial charge is 0.356 e. The second-order valence-electron chi connectivity index (χ2n) is 5.83. The fraction of sp³-hybridized carbons (Fsp3) is 0.733. The van der Waals surface area contributed by atoms with Gasteiger partial charge in [-0.05, 0) is 31.1 Å². The van der Waals surface area contributed by atoms with Gasteiger partial charge in [-0.25, -0.2) is 4.98 Å². The first-order chi connectivity index (χ1) is 9.10. The monoisotopic (exact) mass is 263 g/mol. The Morgan fingerprint density at radius 2 is 2.21 bits per heavy atom. The molecule has 1 atom stereocenters. The fourth-order valence-electron chi connectivity index (χ4n) is 2.84. The van der Waals surface area contributed by atoms with Crippen LogP contribution in [0.2, 0.25) is 0 Å². The van der Waals surface area contributed by atoms with E-state index in [1.807, 2.05) is 6.92 Å². The van der Waals surface area contributed by atoms with E-state index in [0.29, 0.717) is 0 Å². The number of hydrogen-bond acceptors (Lipinski definition) is 3. The summed E-state index contributed by atoms with van der Waals surface area (Å²) in [4.78, 5) is 21.3. The SMILES string of the molecule is CCc1nc(N2CCCC(C(C)C)CC2)cc(=O)[nH]1. The predicted octanol–water partition coefficient (Wildman–Crippen LogP) is 2.59. The molecule has 4 heteroatoms. The maximum atomic E-state index is 11.6. The smallest absolute Gasteiger partial charge is 0.252 e. The average Bonchev–Trinajstić information content (AvgIpc) is 2.63. The zero-order valence-corrected chi connectivity index (χ0v) is 12.3. The van der Waals surface area contributed by atoms with Crippen molar-refractivity contribution in [1.29, 1.82) is 0 Å². The first-order valence-electron chi connectivity index (χ1n) is 7.45. The van der Waals surface area contributed by atoms with E-state index in [0.717, 1.165) is 43.0 Å². The summed E-state index contributed by atoms with van der Waals surface area (Å²) in [5, 5.41) is 0. The van der Waals surface area contributed by atoms with Crippen LogP contribution in [0.3, 0.4) is 0 Å². The lowest BCUT2D eigenvalue weighted by Crippen LogP contribution is -2.27. The van der Waals surface area contributed by atoms with E-state index in [-0.39, 0.29) is 5.56 Å². The van der Waals surface area contributed by atoms with E-state index in [2.05, 4.69) is 28.7 Å². The summed E-state index contributed by atoms with van der Waals surface area (Å²) in [6.45, 7) is 8.66. The van der Waals surface area contributed by atoms with Crippen LogP contribution in [0.25, 0.3) is 0 Å². The number of hydrogen-bond donors (Lipinski definition) is 1. The second-order valence-corrected chi connectivity index (χ2v) is 5.83. The van der Waals surface area contributed by atoms with Crippen molar-refractivity contribution >= 4 is 5.82 Å². The third-order valence-corrected chi connectivity index (χ3v) is 4.15. The van der Waals surface area contributed by atoms with E-state index in [9.17, 15) is 4.79 Å². The normalized spacial score (nSPS) is 20.6. The zero-order valence-electron chi connectivity index (χ0n) is 12.3. The fourth-order valence-corrected chi connectivity index (χ4v) is 2.84. The van der Waals surface area contributed by atoms with Gasteiger partial charge < -0.3 is 9.88 Å². The van der Waals surface area contributed by atoms with Gasteiger partial charge in [-0.2, -0.15) is 0 Å². The van der Waals surface area contributed by atoms with Crippen LogP contribution >= 0.6 is 0 Å². The second kappa shape index (κ2) is 6.22. The van der Waals surface area contributed by atoms with E-state index >= 15 is 0 Å². The quantitative estimate of drug-likeness (QED) is 0.912. The Hall–Kier alpha value is -1.32. The molecule has 1 aromatic heterocycles. The highest BCUT2D eigenvalue weighted by Gasteiger charge is 2.20. The summed E-state index contributed by atoms with van der Waals surface area (Å²) in [5.41, 5.74) is -0.0356. The summed E-state index contributed by atoms with van der Waals surface area (Å²) >= 11 is 0. The number of aryl methyl sites for hydroxylation is 1. The minimum Gasteiger partial charge on any atom is -0.356 e. The van der Waals surface area contributed by atoms with E-state index in [4.69, 9.17) is 0 Å². The first-order valence-corrected chi connectivity index (χ1v) is 7.45. The number of anilines is 1. The Labute approximate surface area is 115 Å². The van der Waals surface area contributed by atoms with E-state index in [1.54, 1.807) is 6.07 Å². The van der Waals surface area contributed by atoms with Crippen LogP contribution < -0.4 is 10.5 Å². The maximum absolute atomic E-state index is 11.6. The van der Waals surface area contributed by atoms with Crippen molar-refractivity contribution in [3.63, 3.8) is 0 Å². The van der Waals surface area contributed by atoms with Crippen molar-refractivity contribution in [3.8, 4) is 0 Å². The van der Waals surface area contributed by atoms with Gasteiger partial charge in [0.2, 0.25) is 0 Å².